The van der Waals surface area contributed by atoms with Gasteiger partial charge >= 0.3 is 0 Å². The smallest absolute Gasteiger partial charge is 0.273 e. The number of aromatic nitrogens is 1. The SMILES string of the molecule is C/C(=N/NC(=O)[C@H](O)c1ccccc1)c1cccnc1. The van der Waals surface area contributed by atoms with Crippen LogP contribution in [0.5, 0.6) is 0 Å². The summed E-state index contributed by atoms with van der Waals surface area (Å²) in [6.45, 7) is 1.76. The quantitative estimate of drug-likeness (QED) is 0.654. The van der Waals surface area contributed by atoms with E-state index in [0.29, 0.717) is 11.3 Å². The van der Waals surface area contributed by atoms with E-state index in [1.54, 1.807) is 49.6 Å². The van der Waals surface area contributed by atoms with Crippen molar-refractivity contribution in [2.24, 2.45) is 5.10 Å². The van der Waals surface area contributed by atoms with Crippen LogP contribution in [-0.4, -0.2) is 21.7 Å². The molecule has 102 valence electrons. The molecule has 2 N–H and O–H groups in total. The molecule has 0 unspecified atom stereocenters. The summed E-state index contributed by atoms with van der Waals surface area (Å²) in [7, 11) is 0. The van der Waals surface area contributed by atoms with Crippen molar-refractivity contribution in [3.8, 4) is 0 Å². The summed E-state index contributed by atoms with van der Waals surface area (Å²) >= 11 is 0. The second-order valence-electron chi connectivity index (χ2n) is 4.23. The van der Waals surface area contributed by atoms with E-state index in [1.165, 1.54) is 0 Å². The van der Waals surface area contributed by atoms with E-state index >= 15 is 0 Å². The van der Waals surface area contributed by atoms with Gasteiger partial charge in [0.1, 0.15) is 0 Å². The van der Waals surface area contributed by atoms with Crippen LogP contribution in [0.2, 0.25) is 0 Å². The summed E-state index contributed by atoms with van der Waals surface area (Å²) in [5.41, 5.74) is 4.30. The molecule has 0 aliphatic carbocycles. The highest BCUT2D eigenvalue weighted by Crippen LogP contribution is 2.11. The zero-order valence-electron chi connectivity index (χ0n) is 11.0. The molecule has 0 radical (unpaired) electrons. The highest BCUT2D eigenvalue weighted by atomic mass is 16.3. The lowest BCUT2D eigenvalue weighted by Crippen LogP contribution is -2.26. The maximum absolute atomic E-state index is 11.8. The number of pyridine rings is 1. The van der Waals surface area contributed by atoms with E-state index in [9.17, 15) is 9.90 Å². The Morgan fingerprint density at radius 3 is 2.65 bits per heavy atom. The first-order valence-corrected chi connectivity index (χ1v) is 6.16. The number of hydrogen-bond donors (Lipinski definition) is 2. The van der Waals surface area contributed by atoms with Crippen LogP contribution in [0, 0.1) is 0 Å². The molecule has 0 fully saturated rings. The fourth-order valence-electron chi connectivity index (χ4n) is 1.63. The summed E-state index contributed by atoms with van der Waals surface area (Å²) in [5, 5.41) is 13.8. The van der Waals surface area contributed by atoms with Crippen LogP contribution >= 0.6 is 0 Å². The number of hydrogen-bond acceptors (Lipinski definition) is 4. The Bertz CT molecular complexity index is 597. The molecule has 20 heavy (non-hydrogen) atoms. The third-order valence-electron chi connectivity index (χ3n) is 2.78. The molecule has 1 amide bonds. The number of rotatable bonds is 4. The molecule has 1 aromatic heterocycles. The molecular weight excluding hydrogens is 254 g/mol. The molecule has 1 aromatic carbocycles. The van der Waals surface area contributed by atoms with Gasteiger partial charge in [-0.2, -0.15) is 5.10 Å². The van der Waals surface area contributed by atoms with Gasteiger partial charge in [-0.25, -0.2) is 5.43 Å². The molecule has 1 atom stereocenters. The first-order valence-electron chi connectivity index (χ1n) is 6.16. The number of benzene rings is 1. The van der Waals surface area contributed by atoms with E-state index in [4.69, 9.17) is 0 Å². The first-order chi connectivity index (χ1) is 9.68. The summed E-state index contributed by atoms with van der Waals surface area (Å²) in [4.78, 5) is 15.8. The number of nitrogens with zero attached hydrogens (tertiary/aromatic N) is 2. The van der Waals surface area contributed by atoms with Gasteiger partial charge in [0.2, 0.25) is 0 Å². The van der Waals surface area contributed by atoms with Crippen molar-refractivity contribution in [3.63, 3.8) is 0 Å². The molecule has 0 saturated heterocycles. The highest BCUT2D eigenvalue weighted by molar-refractivity contribution is 5.99. The van der Waals surface area contributed by atoms with Crippen LogP contribution in [0.4, 0.5) is 0 Å². The molecule has 0 aliphatic heterocycles. The molecule has 1 heterocycles. The van der Waals surface area contributed by atoms with Gasteiger partial charge in [-0.1, -0.05) is 36.4 Å². The Hall–Kier alpha value is -2.53. The predicted molar refractivity (Wildman–Crippen MR) is 76.0 cm³/mol. The average molecular weight is 269 g/mol. The fourth-order valence-corrected chi connectivity index (χ4v) is 1.63. The molecule has 0 saturated carbocycles. The molecule has 5 nitrogen and oxygen atoms in total. The van der Waals surface area contributed by atoms with Gasteiger partial charge in [-0.15, -0.1) is 0 Å². The summed E-state index contributed by atoms with van der Waals surface area (Å²) in [6, 6.07) is 12.3. The summed E-state index contributed by atoms with van der Waals surface area (Å²) in [6.07, 6.45) is 2.08. The minimum atomic E-state index is -1.23. The lowest BCUT2D eigenvalue weighted by atomic mass is 10.1. The highest BCUT2D eigenvalue weighted by Gasteiger charge is 2.16. The molecular formula is C15H15N3O2. The van der Waals surface area contributed by atoms with Crippen molar-refractivity contribution in [3.05, 3.63) is 66.0 Å². The van der Waals surface area contributed by atoms with Gasteiger partial charge < -0.3 is 5.11 Å². The van der Waals surface area contributed by atoms with Crippen molar-refractivity contribution < 1.29 is 9.90 Å². The molecule has 0 spiro atoms. The minimum absolute atomic E-state index is 0.527. The number of aliphatic hydroxyl groups is 1. The Balaban J connectivity index is 2.02. The maximum Gasteiger partial charge on any atom is 0.273 e. The first kappa shape index (κ1) is 13.9. The minimum Gasteiger partial charge on any atom is -0.378 e. The van der Waals surface area contributed by atoms with Gasteiger partial charge in [0, 0.05) is 18.0 Å². The molecule has 0 aliphatic rings. The van der Waals surface area contributed by atoms with E-state index in [-0.39, 0.29) is 0 Å². The van der Waals surface area contributed by atoms with Crippen molar-refractivity contribution in [1.29, 1.82) is 0 Å². The largest absolute Gasteiger partial charge is 0.378 e. The molecule has 2 aromatic rings. The standard InChI is InChI=1S/C15H15N3O2/c1-11(13-8-5-9-16-10-13)17-18-15(20)14(19)12-6-3-2-4-7-12/h2-10,14,19H,1H3,(H,18,20)/b17-11-/t14-/m1/s1. The Labute approximate surface area is 117 Å². The van der Waals surface area contributed by atoms with E-state index in [2.05, 4.69) is 15.5 Å². The van der Waals surface area contributed by atoms with Crippen molar-refractivity contribution >= 4 is 11.6 Å². The lowest BCUT2D eigenvalue weighted by Gasteiger charge is -2.09. The number of carbonyl (C=O) groups is 1. The van der Waals surface area contributed by atoms with E-state index < -0.39 is 12.0 Å². The van der Waals surface area contributed by atoms with Gasteiger partial charge in [0.05, 0.1) is 5.71 Å². The van der Waals surface area contributed by atoms with E-state index in [1.807, 2.05) is 12.1 Å². The fraction of sp³-hybridized carbons (Fsp3) is 0.133. The van der Waals surface area contributed by atoms with Crippen LogP contribution in [0.25, 0.3) is 0 Å². The maximum atomic E-state index is 11.8. The van der Waals surface area contributed by atoms with Crippen LogP contribution in [-0.2, 0) is 4.79 Å². The van der Waals surface area contributed by atoms with Crippen LogP contribution in [0.15, 0.2) is 60.0 Å². The lowest BCUT2D eigenvalue weighted by molar-refractivity contribution is -0.129. The van der Waals surface area contributed by atoms with Gasteiger partial charge in [0.25, 0.3) is 5.91 Å². The Morgan fingerprint density at radius 1 is 1.25 bits per heavy atom. The molecule has 2 rings (SSSR count). The zero-order chi connectivity index (χ0) is 14.4. The predicted octanol–water partition coefficient (Wildman–Crippen LogP) is 1.66. The van der Waals surface area contributed by atoms with Crippen LogP contribution < -0.4 is 5.43 Å². The van der Waals surface area contributed by atoms with Crippen molar-refractivity contribution in [1.82, 2.24) is 10.4 Å². The average Bonchev–Trinajstić information content (AvgIpc) is 2.53. The third kappa shape index (κ3) is 3.49. The molecule has 5 heteroatoms. The third-order valence-corrected chi connectivity index (χ3v) is 2.78. The Morgan fingerprint density at radius 2 is 2.00 bits per heavy atom. The monoisotopic (exact) mass is 269 g/mol. The second kappa shape index (κ2) is 6.58. The summed E-state index contributed by atoms with van der Waals surface area (Å²) in [5.74, 6) is -0.570. The van der Waals surface area contributed by atoms with Crippen molar-refractivity contribution in [2.75, 3.05) is 0 Å². The van der Waals surface area contributed by atoms with E-state index in [0.717, 1.165) is 5.56 Å². The second-order valence-corrected chi connectivity index (χ2v) is 4.23. The topological polar surface area (TPSA) is 74.6 Å². The summed E-state index contributed by atoms with van der Waals surface area (Å²) < 4.78 is 0. The van der Waals surface area contributed by atoms with Gasteiger partial charge in [-0.3, -0.25) is 9.78 Å². The Kier molecular flexibility index (Phi) is 4.57. The van der Waals surface area contributed by atoms with Gasteiger partial charge in [-0.05, 0) is 18.6 Å². The van der Waals surface area contributed by atoms with Crippen LogP contribution in [0.1, 0.15) is 24.2 Å². The zero-order valence-corrected chi connectivity index (χ0v) is 11.0. The van der Waals surface area contributed by atoms with Gasteiger partial charge in [0.15, 0.2) is 6.10 Å². The van der Waals surface area contributed by atoms with Crippen molar-refractivity contribution in [2.45, 2.75) is 13.0 Å². The number of amides is 1. The number of carbonyl (C=O) groups excluding carboxylic acids is 1. The molecule has 0 bridgehead atoms. The number of nitrogens with one attached hydrogen (secondary N) is 1. The van der Waals surface area contributed by atoms with Crippen LogP contribution in [0.3, 0.4) is 0 Å². The number of aliphatic hydroxyl groups excluding tert-OH is 1. The number of hydrazone groups is 1. The normalized spacial score (nSPS) is 12.8.